The van der Waals surface area contributed by atoms with Gasteiger partial charge in [0.05, 0.1) is 5.70 Å². The lowest BCUT2D eigenvalue weighted by molar-refractivity contribution is 0.227. The number of allylic oxidation sites excluding steroid dienone is 1. The van der Waals surface area contributed by atoms with E-state index < -0.39 is 6.43 Å². The van der Waals surface area contributed by atoms with Gasteiger partial charge in [0.2, 0.25) is 0 Å². The molecule has 2 nitrogen and oxygen atoms in total. The molecule has 0 fully saturated rings. The maximum atomic E-state index is 12.5. The van der Waals surface area contributed by atoms with Gasteiger partial charge in [-0.3, -0.25) is 9.98 Å². The fourth-order valence-electron chi connectivity index (χ4n) is 1.19. The Morgan fingerprint density at radius 2 is 1.94 bits per heavy atom. The van der Waals surface area contributed by atoms with Crippen molar-refractivity contribution in [2.75, 3.05) is 7.05 Å². The molecule has 0 saturated heterocycles. The van der Waals surface area contributed by atoms with Gasteiger partial charge in [-0.25, -0.2) is 8.78 Å². The smallest absolute Gasteiger partial charge is 0.279 e. The zero-order valence-corrected chi connectivity index (χ0v) is 8.90. The van der Waals surface area contributed by atoms with Crippen molar-refractivity contribution in [2.45, 2.75) is 6.43 Å². The van der Waals surface area contributed by atoms with Gasteiger partial charge >= 0.3 is 0 Å². The highest BCUT2D eigenvalue weighted by molar-refractivity contribution is 6.03. The van der Waals surface area contributed by atoms with Gasteiger partial charge in [-0.05, 0) is 12.8 Å². The fraction of sp³-hybridized carbons (Fsp3) is 0.167. The van der Waals surface area contributed by atoms with Crippen molar-refractivity contribution < 1.29 is 8.78 Å². The van der Waals surface area contributed by atoms with Crippen molar-refractivity contribution in [1.29, 1.82) is 0 Å². The molecule has 0 N–H and O–H groups in total. The SMILES string of the molecule is C=N/C(=C\C(=NC)C(F)F)c1ccccc1. The number of halogens is 2. The second-order valence-electron chi connectivity index (χ2n) is 3.00. The number of hydrogen-bond acceptors (Lipinski definition) is 2. The minimum atomic E-state index is -2.61. The molecule has 0 aliphatic rings. The van der Waals surface area contributed by atoms with Crippen LogP contribution >= 0.6 is 0 Å². The Labute approximate surface area is 93.1 Å². The second kappa shape index (κ2) is 5.90. The molecule has 0 spiro atoms. The Balaban J connectivity index is 3.08. The van der Waals surface area contributed by atoms with E-state index >= 15 is 0 Å². The highest BCUT2D eigenvalue weighted by Gasteiger charge is 2.10. The van der Waals surface area contributed by atoms with Crippen molar-refractivity contribution in [1.82, 2.24) is 0 Å². The molecule has 4 heteroatoms. The molecule has 0 atom stereocenters. The number of aliphatic imine (C=N–C) groups is 2. The standard InChI is InChI=1S/C12H12F2N2/c1-15-10(8-11(16-2)12(13)14)9-6-4-3-5-7-9/h3-8,12H,1H2,2H3/b10-8-,16-11?. The third-order valence-corrected chi connectivity index (χ3v) is 2.01. The van der Waals surface area contributed by atoms with Crippen LogP contribution in [0.3, 0.4) is 0 Å². The van der Waals surface area contributed by atoms with Crippen LogP contribution in [0.1, 0.15) is 5.56 Å². The van der Waals surface area contributed by atoms with Crippen molar-refractivity contribution in [3.8, 4) is 0 Å². The Kier molecular flexibility index (Phi) is 4.51. The van der Waals surface area contributed by atoms with Crippen molar-refractivity contribution >= 4 is 18.1 Å². The summed E-state index contributed by atoms with van der Waals surface area (Å²) in [5.74, 6) is 0. The number of benzene rings is 1. The fourth-order valence-corrected chi connectivity index (χ4v) is 1.19. The van der Waals surface area contributed by atoms with Crippen LogP contribution in [0.25, 0.3) is 5.70 Å². The molecule has 0 bridgehead atoms. The van der Waals surface area contributed by atoms with Gasteiger partial charge in [0, 0.05) is 12.6 Å². The summed E-state index contributed by atoms with van der Waals surface area (Å²) in [7, 11) is 1.32. The maximum Gasteiger partial charge on any atom is 0.279 e. The minimum Gasteiger partial charge on any atom is -0.287 e. The molecule has 0 aliphatic carbocycles. The third kappa shape index (κ3) is 3.08. The molecule has 0 saturated carbocycles. The Morgan fingerprint density at radius 3 is 2.38 bits per heavy atom. The summed E-state index contributed by atoms with van der Waals surface area (Å²) in [5, 5.41) is 0. The molecule has 0 aliphatic heterocycles. The van der Waals surface area contributed by atoms with Gasteiger partial charge in [0.25, 0.3) is 6.43 Å². The summed E-state index contributed by atoms with van der Waals surface area (Å²) in [4.78, 5) is 7.23. The van der Waals surface area contributed by atoms with Crippen LogP contribution in [0.5, 0.6) is 0 Å². The topological polar surface area (TPSA) is 24.7 Å². The summed E-state index contributed by atoms with van der Waals surface area (Å²) < 4.78 is 24.9. The molecular formula is C12H12F2N2. The molecule has 0 radical (unpaired) electrons. The lowest BCUT2D eigenvalue weighted by atomic mass is 10.1. The average Bonchev–Trinajstić information content (AvgIpc) is 2.31. The van der Waals surface area contributed by atoms with Crippen LogP contribution in [0.15, 0.2) is 46.4 Å². The summed E-state index contributed by atoms with van der Waals surface area (Å²) in [6.07, 6.45) is -1.36. The monoisotopic (exact) mass is 222 g/mol. The highest BCUT2D eigenvalue weighted by atomic mass is 19.3. The van der Waals surface area contributed by atoms with Gasteiger partial charge in [-0.15, -0.1) is 0 Å². The summed E-state index contributed by atoms with van der Waals surface area (Å²) in [5.41, 5.74) is 0.826. The summed E-state index contributed by atoms with van der Waals surface area (Å²) in [6, 6.07) is 9.00. The van der Waals surface area contributed by atoms with Crippen LogP contribution in [0.4, 0.5) is 8.78 Å². The Bertz CT molecular complexity index is 408. The second-order valence-corrected chi connectivity index (χ2v) is 3.00. The summed E-state index contributed by atoms with van der Waals surface area (Å²) in [6.45, 7) is 3.37. The lowest BCUT2D eigenvalue weighted by Gasteiger charge is -2.03. The average molecular weight is 222 g/mol. The predicted molar refractivity (Wildman–Crippen MR) is 63.3 cm³/mol. The van der Waals surface area contributed by atoms with E-state index in [0.29, 0.717) is 5.70 Å². The van der Waals surface area contributed by atoms with Crippen LogP contribution in [-0.2, 0) is 0 Å². The Morgan fingerprint density at radius 1 is 1.31 bits per heavy atom. The van der Waals surface area contributed by atoms with Crippen molar-refractivity contribution in [3.05, 3.63) is 42.0 Å². The van der Waals surface area contributed by atoms with Gasteiger partial charge in [0.15, 0.2) is 0 Å². The number of rotatable bonds is 4. The Hall–Kier alpha value is -1.84. The van der Waals surface area contributed by atoms with Gasteiger partial charge in [-0.2, -0.15) is 0 Å². The lowest BCUT2D eigenvalue weighted by Crippen LogP contribution is -2.07. The molecule has 84 valence electrons. The molecule has 1 aromatic rings. The van der Waals surface area contributed by atoms with E-state index in [-0.39, 0.29) is 5.71 Å². The zero-order chi connectivity index (χ0) is 12.0. The molecule has 0 aromatic heterocycles. The molecule has 16 heavy (non-hydrogen) atoms. The van der Waals surface area contributed by atoms with E-state index in [0.717, 1.165) is 5.56 Å². The van der Waals surface area contributed by atoms with Crippen molar-refractivity contribution in [3.63, 3.8) is 0 Å². The van der Waals surface area contributed by atoms with Gasteiger partial charge in [-0.1, -0.05) is 30.3 Å². The van der Waals surface area contributed by atoms with Gasteiger partial charge in [0.1, 0.15) is 5.71 Å². The maximum absolute atomic E-state index is 12.5. The van der Waals surface area contributed by atoms with E-state index in [1.807, 2.05) is 6.07 Å². The minimum absolute atomic E-state index is 0.300. The first-order valence-corrected chi connectivity index (χ1v) is 4.67. The molecule has 0 amide bonds. The highest BCUT2D eigenvalue weighted by Crippen LogP contribution is 2.16. The van der Waals surface area contributed by atoms with E-state index in [1.54, 1.807) is 24.3 Å². The van der Waals surface area contributed by atoms with Crippen LogP contribution < -0.4 is 0 Å². The van der Waals surface area contributed by atoms with E-state index in [4.69, 9.17) is 0 Å². The first-order chi connectivity index (χ1) is 7.69. The van der Waals surface area contributed by atoms with Crippen LogP contribution in [0.2, 0.25) is 0 Å². The quantitative estimate of drug-likeness (QED) is 0.699. The molecule has 1 aromatic carbocycles. The normalized spacial score (nSPS) is 13.0. The predicted octanol–water partition coefficient (Wildman–Crippen LogP) is 3.06. The largest absolute Gasteiger partial charge is 0.287 e. The van der Waals surface area contributed by atoms with E-state index in [9.17, 15) is 8.78 Å². The zero-order valence-electron chi connectivity index (χ0n) is 8.90. The van der Waals surface area contributed by atoms with Crippen LogP contribution in [0, 0.1) is 0 Å². The molecule has 1 rings (SSSR count). The number of alkyl halides is 2. The third-order valence-electron chi connectivity index (χ3n) is 2.01. The number of hydrogen-bond donors (Lipinski definition) is 0. The van der Waals surface area contributed by atoms with Crippen LogP contribution in [-0.4, -0.2) is 25.9 Å². The van der Waals surface area contributed by atoms with E-state index in [1.165, 1.54) is 13.1 Å². The van der Waals surface area contributed by atoms with Crippen molar-refractivity contribution in [2.24, 2.45) is 9.98 Å². The van der Waals surface area contributed by atoms with Gasteiger partial charge < -0.3 is 0 Å². The molecular weight excluding hydrogens is 210 g/mol. The molecule has 0 unspecified atom stereocenters. The molecule has 0 heterocycles. The first kappa shape index (κ1) is 12.2. The number of nitrogens with zero attached hydrogens (tertiary/aromatic N) is 2. The van der Waals surface area contributed by atoms with E-state index in [2.05, 4.69) is 16.7 Å². The summed E-state index contributed by atoms with van der Waals surface area (Å²) >= 11 is 0. The first-order valence-electron chi connectivity index (χ1n) is 4.67.